The zero-order chi connectivity index (χ0) is 15.6. The van der Waals surface area contributed by atoms with Gasteiger partial charge in [-0.3, -0.25) is 4.79 Å². The van der Waals surface area contributed by atoms with E-state index >= 15 is 0 Å². The lowest BCUT2D eigenvalue weighted by atomic mass is 10.0. The molecule has 2 N–H and O–H groups in total. The second-order valence-corrected chi connectivity index (χ2v) is 5.42. The molecule has 0 radical (unpaired) electrons. The van der Waals surface area contributed by atoms with Crippen LogP contribution >= 0.6 is 0 Å². The Morgan fingerprint density at radius 3 is 2.71 bits per heavy atom. The molecule has 2 heterocycles. The Morgan fingerprint density at radius 2 is 2.24 bits per heavy atom. The first-order valence-corrected chi connectivity index (χ1v) is 7.18. The van der Waals surface area contributed by atoms with Gasteiger partial charge in [-0.25, -0.2) is 4.79 Å². The number of hydrogen-bond acceptors (Lipinski definition) is 4. The molecule has 0 bridgehead atoms. The lowest BCUT2D eigenvalue weighted by Gasteiger charge is -2.19. The van der Waals surface area contributed by atoms with Gasteiger partial charge in [0.05, 0.1) is 11.7 Å². The number of hydrogen-bond donors (Lipinski definition) is 2. The average Bonchev–Trinajstić information content (AvgIpc) is 2.93. The van der Waals surface area contributed by atoms with Crippen molar-refractivity contribution in [1.29, 1.82) is 0 Å². The van der Waals surface area contributed by atoms with Gasteiger partial charge in [-0.15, -0.1) is 0 Å². The highest BCUT2D eigenvalue weighted by Gasteiger charge is 2.31. The number of amides is 3. The van der Waals surface area contributed by atoms with Crippen molar-refractivity contribution in [2.24, 2.45) is 0 Å². The molecule has 1 aromatic heterocycles. The largest absolute Gasteiger partial charge is 0.361 e. The Hall–Kier alpha value is -2.05. The third-order valence-corrected chi connectivity index (χ3v) is 3.88. The van der Waals surface area contributed by atoms with Gasteiger partial charge >= 0.3 is 6.03 Å². The fourth-order valence-corrected chi connectivity index (χ4v) is 2.68. The van der Waals surface area contributed by atoms with E-state index < -0.39 is 6.04 Å². The summed E-state index contributed by atoms with van der Waals surface area (Å²) in [5.41, 5.74) is 1.68. The van der Waals surface area contributed by atoms with Crippen LogP contribution < -0.4 is 10.6 Å². The Balaban J connectivity index is 1.99. The molecule has 3 amide bonds. The minimum absolute atomic E-state index is 0.0458. The molecule has 1 aliphatic heterocycles. The fourth-order valence-electron chi connectivity index (χ4n) is 2.68. The van der Waals surface area contributed by atoms with Crippen molar-refractivity contribution in [3.8, 4) is 0 Å². The molecule has 1 saturated heterocycles. The van der Waals surface area contributed by atoms with Gasteiger partial charge < -0.3 is 20.1 Å². The van der Waals surface area contributed by atoms with E-state index in [0.29, 0.717) is 18.7 Å². The van der Waals surface area contributed by atoms with E-state index in [1.807, 2.05) is 20.8 Å². The van der Waals surface area contributed by atoms with Crippen molar-refractivity contribution in [2.45, 2.75) is 45.7 Å². The number of likely N-dealkylation sites (N-methyl/N-ethyl adjacent to an activating group) is 1. The number of carbonyl (C=O) groups excluding carboxylic acids is 2. The summed E-state index contributed by atoms with van der Waals surface area (Å²) in [7, 11) is 1.74. The fraction of sp³-hybridized carbons (Fsp3) is 0.643. The molecule has 1 fully saturated rings. The molecule has 21 heavy (non-hydrogen) atoms. The molecule has 2 rings (SSSR count). The van der Waals surface area contributed by atoms with Crippen LogP contribution in [0.15, 0.2) is 4.52 Å². The van der Waals surface area contributed by atoms with Gasteiger partial charge in [-0.2, -0.15) is 0 Å². The van der Waals surface area contributed by atoms with Gasteiger partial charge in [-0.05, 0) is 26.7 Å². The lowest BCUT2D eigenvalue weighted by Crippen LogP contribution is -2.46. The van der Waals surface area contributed by atoms with Gasteiger partial charge in [0.25, 0.3) is 0 Å². The summed E-state index contributed by atoms with van der Waals surface area (Å²) in [6, 6.07) is -0.946. The number of nitrogens with zero attached hydrogens (tertiary/aromatic N) is 2. The molecular formula is C14H22N4O3. The molecule has 0 unspecified atom stereocenters. The van der Waals surface area contributed by atoms with E-state index in [0.717, 1.165) is 17.7 Å². The maximum Gasteiger partial charge on any atom is 0.315 e. The summed E-state index contributed by atoms with van der Waals surface area (Å²) < 4.78 is 5.14. The SMILES string of the molecule is CC[C@H](NC(=O)N[C@H]1CCN(C)C1=O)c1c(C)noc1C. The molecule has 7 nitrogen and oxygen atoms in total. The average molecular weight is 294 g/mol. The zero-order valence-corrected chi connectivity index (χ0v) is 12.9. The van der Waals surface area contributed by atoms with Crippen LogP contribution in [-0.2, 0) is 4.79 Å². The van der Waals surface area contributed by atoms with Crippen molar-refractivity contribution >= 4 is 11.9 Å². The highest BCUT2D eigenvalue weighted by atomic mass is 16.5. The smallest absolute Gasteiger partial charge is 0.315 e. The van der Waals surface area contributed by atoms with Crippen LogP contribution in [0, 0.1) is 13.8 Å². The van der Waals surface area contributed by atoms with Crippen LogP contribution in [0.1, 0.15) is 42.8 Å². The molecule has 116 valence electrons. The van der Waals surface area contributed by atoms with Gasteiger partial charge in [0.2, 0.25) is 5.91 Å². The molecule has 0 saturated carbocycles. The molecule has 1 aliphatic rings. The number of likely N-dealkylation sites (tertiary alicyclic amines) is 1. The van der Waals surface area contributed by atoms with Crippen LogP contribution in [-0.4, -0.2) is 41.6 Å². The van der Waals surface area contributed by atoms with Crippen molar-refractivity contribution in [2.75, 3.05) is 13.6 Å². The number of urea groups is 1. The summed E-state index contributed by atoms with van der Waals surface area (Å²) in [6.45, 7) is 6.33. The third-order valence-electron chi connectivity index (χ3n) is 3.88. The van der Waals surface area contributed by atoms with E-state index in [1.165, 1.54) is 0 Å². The molecule has 0 spiro atoms. The molecule has 1 aromatic rings. The number of carbonyl (C=O) groups is 2. The molecular weight excluding hydrogens is 272 g/mol. The predicted octanol–water partition coefficient (Wildman–Crippen LogP) is 1.27. The normalized spacial score (nSPS) is 19.7. The number of nitrogens with one attached hydrogen (secondary N) is 2. The van der Waals surface area contributed by atoms with E-state index in [1.54, 1.807) is 11.9 Å². The number of aromatic nitrogens is 1. The Kier molecular flexibility index (Phi) is 4.50. The first-order chi connectivity index (χ1) is 9.93. The summed E-state index contributed by atoms with van der Waals surface area (Å²) >= 11 is 0. The van der Waals surface area contributed by atoms with Crippen molar-refractivity contribution in [3.63, 3.8) is 0 Å². The van der Waals surface area contributed by atoms with Crippen molar-refractivity contribution in [3.05, 3.63) is 17.0 Å². The maximum atomic E-state index is 12.1. The minimum atomic E-state index is -0.433. The van der Waals surface area contributed by atoms with Crippen LogP contribution in [0.3, 0.4) is 0 Å². The minimum Gasteiger partial charge on any atom is -0.361 e. The summed E-state index contributed by atoms with van der Waals surface area (Å²) in [4.78, 5) is 25.5. The van der Waals surface area contributed by atoms with Gasteiger partial charge in [-0.1, -0.05) is 12.1 Å². The second kappa shape index (κ2) is 6.15. The standard InChI is InChI=1S/C14H22N4O3/c1-5-10(12-8(2)17-21-9(12)3)15-14(20)16-11-6-7-18(4)13(11)19/h10-11H,5-7H2,1-4H3,(H2,15,16,20)/t10-,11-/m0/s1. The summed E-state index contributed by atoms with van der Waals surface area (Å²) in [6.07, 6.45) is 1.36. The Bertz CT molecular complexity index is 521. The second-order valence-electron chi connectivity index (χ2n) is 5.42. The first kappa shape index (κ1) is 15.3. The maximum absolute atomic E-state index is 12.1. The highest BCUT2D eigenvalue weighted by molar-refractivity contribution is 5.88. The van der Waals surface area contributed by atoms with Crippen LogP contribution in [0.4, 0.5) is 4.79 Å². The van der Waals surface area contributed by atoms with Crippen LogP contribution in [0.2, 0.25) is 0 Å². The molecule has 0 aliphatic carbocycles. The Morgan fingerprint density at radius 1 is 1.52 bits per heavy atom. The van der Waals surface area contributed by atoms with E-state index in [2.05, 4.69) is 15.8 Å². The molecule has 2 atom stereocenters. The van der Waals surface area contributed by atoms with E-state index in [4.69, 9.17) is 4.52 Å². The topological polar surface area (TPSA) is 87.5 Å². The summed E-state index contributed by atoms with van der Waals surface area (Å²) in [5, 5.41) is 9.53. The molecule has 7 heteroatoms. The molecule has 0 aromatic carbocycles. The van der Waals surface area contributed by atoms with Crippen LogP contribution in [0.25, 0.3) is 0 Å². The summed E-state index contributed by atoms with van der Waals surface area (Å²) in [5.74, 6) is 0.659. The number of aryl methyl sites for hydroxylation is 2. The van der Waals surface area contributed by atoms with Gasteiger partial charge in [0.1, 0.15) is 11.8 Å². The van der Waals surface area contributed by atoms with Gasteiger partial charge in [0.15, 0.2) is 0 Å². The predicted molar refractivity (Wildman–Crippen MR) is 76.7 cm³/mol. The number of rotatable bonds is 4. The lowest BCUT2D eigenvalue weighted by molar-refractivity contribution is -0.128. The quantitative estimate of drug-likeness (QED) is 0.875. The Labute approximate surface area is 124 Å². The van der Waals surface area contributed by atoms with Gasteiger partial charge in [0, 0.05) is 19.2 Å². The van der Waals surface area contributed by atoms with E-state index in [9.17, 15) is 9.59 Å². The van der Waals surface area contributed by atoms with Crippen LogP contribution in [0.5, 0.6) is 0 Å². The third kappa shape index (κ3) is 3.17. The van der Waals surface area contributed by atoms with E-state index in [-0.39, 0.29) is 18.0 Å². The van der Waals surface area contributed by atoms with Crippen molar-refractivity contribution in [1.82, 2.24) is 20.7 Å². The monoisotopic (exact) mass is 294 g/mol. The zero-order valence-electron chi connectivity index (χ0n) is 12.9. The highest BCUT2D eigenvalue weighted by Crippen LogP contribution is 2.23. The van der Waals surface area contributed by atoms with Crippen molar-refractivity contribution < 1.29 is 14.1 Å². The first-order valence-electron chi connectivity index (χ1n) is 7.18.